The fraction of sp³-hybridized carbons (Fsp3) is 0.688. The second-order valence-corrected chi connectivity index (χ2v) is 7.00. The molecule has 1 amide bonds. The molecule has 0 bridgehead atoms. The van der Waals surface area contributed by atoms with Crippen LogP contribution in [0.25, 0.3) is 0 Å². The van der Waals surface area contributed by atoms with Gasteiger partial charge in [0.1, 0.15) is 11.9 Å². The minimum atomic E-state index is 0.0247. The lowest BCUT2D eigenvalue weighted by Crippen LogP contribution is -2.33. The zero-order valence-electron chi connectivity index (χ0n) is 13.6. The van der Waals surface area contributed by atoms with Gasteiger partial charge >= 0.3 is 0 Å². The van der Waals surface area contributed by atoms with Gasteiger partial charge in [0.25, 0.3) is 0 Å². The molecule has 0 unspecified atom stereocenters. The number of carbonyl (C=O) groups is 1. The van der Waals surface area contributed by atoms with Crippen LogP contribution in [0, 0.1) is 19.3 Å². The molecule has 0 spiro atoms. The summed E-state index contributed by atoms with van der Waals surface area (Å²) in [4.78, 5) is 22.6. The number of rotatable bonds is 3. The Balaban J connectivity index is 1.92. The van der Waals surface area contributed by atoms with Crippen LogP contribution in [0.5, 0.6) is 5.88 Å². The van der Waals surface area contributed by atoms with E-state index in [0.29, 0.717) is 24.7 Å². The Labute approximate surface area is 126 Å². The predicted molar refractivity (Wildman–Crippen MR) is 81.2 cm³/mol. The molecule has 116 valence electrons. The van der Waals surface area contributed by atoms with Crippen LogP contribution in [-0.4, -0.2) is 40.0 Å². The number of nitrogens with zero attached hydrogens (tertiary/aromatic N) is 3. The highest BCUT2D eigenvalue weighted by molar-refractivity contribution is 5.77. The average Bonchev–Trinajstić information content (AvgIpc) is 2.73. The van der Waals surface area contributed by atoms with Crippen molar-refractivity contribution in [1.29, 1.82) is 0 Å². The Hall–Kier alpha value is -1.65. The third kappa shape index (κ3) is 4.69. The van der Waals surface area contributed by atoms with Crippen LogP contribution < -0.4 is 4.74 Å². The lowest BCUT2D eigenvalue weighted by molar-refractivity contribution is -0.132. The maximum absolute atomic E-state index is 12.2. The van der Waals surface area contributed by atoms with Gasteiger partial charge in [-0.3, -0.25) is 4.79 Å². The number of hydrogen-bond donors (Lipinski definition) is 0. The molecule has 0 radical (unpaired) electrons. The van der Waals surface area contributed by atoms with Gasteiger partial charge in [-0.05, 0) is 19.3 Å². The minimum Gasteiger partial charge on any atom is -0.472 e. The first kappa shape index (κ1) is 15.7. The van der Waals surface area contributed by atoms with Crippen LogP contribution in [0.1, 0.15) is 45.1 Å². The van der Waals surface area contributed by atoms with Gasteiger partial charge in [-0.15, -0.1) is 0 Å². The number of likely N-dealkylation sites (tertiary alicyclic amines) is 1. The van der Waals surface area contributed by atoms with Gasteiger partial charge in [0.05, 0.1) is 6.54 Å². The zero-order valence-corrected chi connectivity index (χ0v) is 13.6. The summed E-state index contributed by atoms with van der Waals surface area (Å²) in [6.45, 7) is 11.5. The average molecular weight is 291 g/mol. The summed E-state index contributed by atoms with van der Waals surface area (Å²) in [5.41, 5.74) is 0.924. The number of carbonyl (C=O) groups excluding carboxylic acids is 1. The fourth-order valence-corrected chi connectivity index (χ4v) is 2.53. The van der Waals surface area contributed by atoms with Crippen molar-refractivity contribution in [3.8, 4) is 5.88 Å². The number of aromatic nitrogens is 2. The van der Waals surface area contributed by atoms with E-state index in [9.17, 15) is 4.79 Å². The molecule has 1 fully saturated rings. The number of aryl methyl sites for hydroxylation is 2. The predicted octanol–water partition coefficient (Wildman–Crippen LogP) is 2.51. The standard InChI is InChI=1S/C16H25N3O2/c1-11-8-14(18-12(2)17-11)21-13-6-7-19(10-13)15(20)9-16(3,4)5/h8,13H,6-7,9-10H2,1-5H3/t13-/m0/s1. The molecule has 1 aromatic rings. The fourth-order valence-electron chi connectivity index (χ4n) is 2.53. The first-order valence-electron chi connectivity index (χ1n) is 7.50. The Morgan fingerprint density at radius 3 is 2.71 bits per heavy atom. The lowest BCUT2D eigenvalue weighted by atomic mass is 9.92. The summed E-state index contributed by atoms with van der Waals surface area (Å²) in [6, 6.07) is 1.84. The van der Waals surface area contributed by atoms with Crippen LogP contribution in [-0.2, 0) is 4.79 Å². The van der Waals surface area contributed by atoms with Crippen LogP contribution in [0.15, 0.2) is 6.07 Å². The van der Waals surface area contributed by atoms with E-state index in [1.807, 2.05) is 24.8 Å². The molecule has 21 heavy (non-hydrogen) atoms. The van der Waals surface area contributed by atoms with Gasteiger partial charge in [0, 0.05) is 31.1 Å². The number of hydrogen-bond acceptors (Lipinski definition) is 4. The van der Waals surface area contributed by atoms with E-state index in [1.54, 1.807) is 0 Å². The van der Waals surface area contributed by atoms with Crippen LogP contribution >= 0.6 is 0 Å². The Bertz CT molecular complexity index is 502. The second kappa shape index (κ2) is 6.00. The van der Waals surface area contributed by atoms with E-state index in [1.165, 1.54) is 0 Å². The van der Waals surface area contributed by atoms with Gasteiger partial charge in [0.15, 0.2) is 0 Å². The van der Waals surface area contributed by atoms with Gasteiger partial charge in [-0.2, -0.15) is 4.98 Å². The van der Waals surface area contributed by atoms with Gasteiger partial charge in [-0.1, -0.05) is 20.8 Å². The molecule has 1 saturated heterocycles. The molecule has 0 N–H and O–H groups in total. The Morgan fingerprint density at radius 2 is 2.10 bits per heavy atom. The molecule has 1 aliphatic heterocycles. The van der Waals surface area contributed by atoms with Crippen molar-refractivity contribution in [2.45, 2.75) is 53.6 Å². The van der Waals surface area contributed by atoms with Crippen molar-refractivity contribution in [3.63, 3.8) is 0 Å². The third-order valence-electron chi connectivity index (χ3n) is 3.41. The Kier molecular flexibility index (Phi) is 4.49. The normalized spacial score (nSPS) is 18.9. The first-order chi connectivity index (χ1) is 9.73. The molecule has 0 aromatic carbocycles. The van der Waals surface area contributed by atoms with E-state index in [4.69, 9.17) is 4.74 Å². The number of amides is 1. The summed E-state index contributed by atoms with van der Waals surface area (Å²) in [6.07, 6.45) is 1.46. The summed E-state index contributed by atoms with van der Waals surface area (Å²) < 4.78 is 5.90. The highest BCUT2D eigenvalue weighted by Gasteiger charge is 2.29. The Morgan fingerprint density at radius 1 is 1.38 bits per heavy atom. The van der Waals surface area contributed by atoms with E-state index >= 15 is 0 Å². The van der Waals surface area contributed by atoms with Crippen molar-refractivity contribution in [2.75, 3.05) is 13.1 Å². The maximum Gasteiger partial charge on any atom is 0.223 e. The van der Waals surface area contributed by atoms with Crippen LogP contribution in [0.3, 0.4) is 0 Å². The van der Waals surface area contributed by atoms with E-state index in [2.05, 4.69) is 30.7 Å². The summed E-state index contributed by atoms with van der Waals surface area (Å²) in [5, 5.41) is 0. The largest absolute Gasteiger partial charge is 0.472 e. The lowest BCUT2D eigenvalue weighted by Gasteiger charge is -2.23. The van der Waals surface area contributed by atoms with Gasteiger partial charge < -0.3 is 9.64 Å². The molecule has 1 atom stereocenters. The quantitative estimate of drug-likeness (QED) is 0.858. The van der Waals surface area contributed by atoms with Crippen LogP contribution in [0.2, 0.25) is 0 Å². The zero-order chi connectivity index (χ0) is 15.6. The number of ether oxygens (including phenoxy) is 1. The highest BCUT2D eigenvalue weighted by Crippen LogP contribution is 2.23. The highest BCUT2D eigenvalue weighted by atomic mass is 16.5. The third-order valence-corrected chi connectivity index (χ3v) is 3.41. The first-order valence-corrected chi connectivity index (χ1v) is 7.50. The van der Waals surface area contributed by atoms with E-state index < -0.39 is 0 Å². The molecule has 0 aliphatic carbocycles. The SMILES string of the molecule is Cc1cc(O[C@H]2CCN(C(=O)CC(C)(C)C)C2)nc(C)n1. The summed E-state index contributed by atoms with van der Waals surface area (Å²) in [5.74, 6) is 1.53. The molecular formula is C16H25N3O2. The van der Waals surface area contributed by atoms with Crippen LogP contribution in [0.4, 0.5) is 0 Å². The molecule has 1 aliphatic rings. The van der Waals surface area contributed by atoms with Crippen molar-refractivity contribution in [1.82, 2.24) is 14.9 Å². The molecule has 5 nitrogen and oxygen atoms in total. The summed E-state index contributed by atoms with van der Waals surface area (Å²) >= 11 is 0. The summed E-state index contributed by atoms with van der Waals surface area (Å²) in [7, 11) is 0. The second-order valence-electron chi connectivity index (χ2n) is 7.00. The van der Waals surface area contributed by atoms with Crippen molar-refractivity contribution in [2.24, 2.45) is 5.41 Å². The van der Waals surface area contributed by atoms with Gasteiger partial charge in [0.2, 0.25) is 11.8 Å². The van der Waals surface area contributed by atoms with Gasteiger partial charge in [-0.25, -0.2) is 4.98 Å². The molecule has 5 heteroatoms. The molecule has 0 saturated carbocycles. The van der Waals surface area contributed by atoms with Crippen molar-refractivity contribution >= 4 is 5.91 Å². The topological polar surface area (TPSA) is 55.3 Å². The van der Waals surface area contributed by atoms with Crippen molar-refractivity contribution < 1.29 is 9.53 Å². The molecule has 2 heterocycles. The molecule has 2 rings (SSSR count). The smallest absolute Gasteiger partial charge is 0.223 e. The van der Waals surface area contributed by atoms with E-state index in [-0.39, 0.29) is 17.4 Å². The molecular weight excluding hydrogens is 266 g/mol. The van der Waals surface area contributed by atoms with E-state index in [0.717, 1.165) is 18.7 Å². The van der Waals surface area contributed by atoms with Crippen molar-refractivity contribution in [3.05, 3.63) is 17.6 Å². The monoisotopic (exact) mass is 291 g/mol. The minimum absolute atomic E-state index is 0.0247. The molecule has 1 aromatic heterocycles. The maximum atomic E-state index is 12.2.